The lowest BCUT2D eigenvalue weighted by atomic mass is 10.2. The molecule has 0 aliphatic rings. The van der Waals surface area contributed by atoms with E-state index >= 15 is 0 Å². The second kappa shape index (κ2) is 7.28. The molecule has 21 heavy (non-hydrogen) atoms. The molecule has 1 rings (SSSR count). The highest BCUT2D eigenvalue weighted by atomic mass is 19.3. The average molecular weight is 305 g/mol. The van der Waals surface area contributed by atoms with E-state index < -0.39 is 36.0 Å². The van der Waals surface area contributed by atoms with Gasteiger partial charge >= 0.3 is 5.69 Å². The third kappa shape index (κ3) is 4.21. The van der Waals surface area contributed by atoms with Gasteiger partial charge in [-0.1, -0.05) is 5.16 Å². The summed E-state index contributed by atoms with van der Waals surface area (Å²) in [5.41, 5.74) is 4.67. The molecule has 0 spiro atoms. The van der Waals surface area contributed by atoms with E-state index in [0.717, 1.165) is 17.2 Å². The van der Waals surface area contributed by atoms with Crippen molar-refractivity contribution in [3.63, 3.8) is 0 Å². The Hall–Kier alpha value is -2.56. The van der Waals surface area contributed by atoms with Crippen molar-refractivity contribution in [2.24, 2.45) is 10.9 Å². The quantitative estimate of drug-likeness (QED) is 0.214. The van der Waals surface area contributed by atoms with Gasteiger partial charge in [0.1, 0.15) is 0 Å². The van der Waals surface area contributed by atoms with Crippen LogP contribution in [0.2, 0.25) is 0 Å². The first-order valence-electron chi connectivity index (χ1n) is 5.67. The van der Waals surface area contributed by atoms with Crippen molar-refractivity contribution in [1.82, 2.24) is 4.98 Å². The van der Waals surface area contributed by atoms with Crippen molar-refractivity contribution in [2.45, 2.75) is 6.43 Å². The van der Waals surface area contributed by atoms with E-state index in [1.165, 1.54) is 0 Å². The van der Waals surface area contributed by atoms with Crippen molar-refractivity contribution < 1.29 is 24.0 Å². The molecule has 0 saturated carbocycles. The SMILES string of the molecule is NC(=NO)c1cnc(N(CCO)CC(F)F)c([N+](=O)[O-])c1. The van der Waals surface area contributed by atoms with E-state index in [2.05, 4.69) is 10.1 Å². The van der Waals surface area contributed by atoms with E-state index in [1.54, 1.807) is 0 Å². The molecule has 0 aliphatic carbocycles. The first-order valence-corrected chi connectivity index (χ1v) is 5.67. The van der Waals surface area contributed by atoms with Crippen LogP contribution in [0.25, 0.3) is 0 Å². The molecule has 0 unspecified atom stereocenters. The summed E-state index contributed by atoms with van der Waals surface area (Å²) in [6, 6.07) is 0.952. The van der Waals surface area contributed by atoms with Crippen molar-refractivity contribution in [3.8, 4) is 0 Å². The Morgan fingerprint density at radius 2 is 2.29 bits per heavy atom. The fraction of sp³-hybridized carbons (Fsp3) is 0.400. The maximum Gasteiger partial charge on any atom is 0.312 e. The molecule has 0 aromatic carbocycles. The van der Waals surface area contributed by atoms with Crippen LogP contribution < -0.4 is 10.6 Å². The molecule has 0 aliphatic heterocycles. The van der Waals surface area contributed by atoms with Crippen LogP contribution in [0.5, 0.6) is 0 Å². The van der Waals surface area contributed by atoms with Crippen molar-refractivity contribution >= 4 is 17.3 Å². The fourth-order valence-corrected chi connectivity index (χ4v) is 1.59. The fourth-order valence-electron chi connectivity index (χ4n) is 1.59. The minimum Gasteiger partial charge on any atom is -0.409 e. The minimum atomic E-state index is -2.76. The van der Waals surface area contributed by atoms with Gasteiger partial charge in [-0.05, 0) is 0 Å². The number of aliphatic hydroxyl groups is 1. The van der Waals surface area contributed by atoms with Gasteiger partial charge in [-0.2, -0.15) is 0 Å². The van der Waals surface area contributed by atoms with Crippen LogP contribution in [0.1, 0.15) is 5.56 Å². The summed E-state index contributed by atoms with van der Waals surface area (Å²) >= 11 is 0. The lowest BCUT2D eigenvalue weighted by molar-refractivity contribution is -0.384. The summed E-state index contributed by atoms with van der Waals surface area (Å²) in [6.45, 7) is -1.55. The summed E-state index contributed by atoms with van der Waals surface area (Å²) in [5.74, 6) is -0.733. The number of alkyl halides is 2. The predicted molar refractivity (Wildman–Crippen MR) is 68.7 cm³/mol. The zero-order valence-electron chi connectivity index (χ0n) is 10.7. The van der Waals surface area contributed by atoms with Crippen LogP contribution in [0.15, 0.2) is 17.4 Å². The maximum absolute atomic E-state index is 12.5. The van der Waals surface area contributed by atoms with Crippen molar-refractivity contribution in [3.05, 3.63) is 27.9 Å². The summed E-state index contributed by atoms with van der Waals surface area (Å²) in [6.07, 6.45) is -1.71. The molecule has 1 aromatic heterocycles. The van der Waals surface area contributed by atoms with Gasteiger partial charge in [0, 0.05) is 24.4 Å². The number of aromatic nitrogens is 1. The molecule has 4 N–H and O–H groups in total. The van der Waals surface area contributed by atoms with Gasteiger partial charge in [-0.3, -0.25) is 10.1 Å². The first kappa shape index (κ1) is 16.5. The van der Waals surface area contributed by atoms with Crippen LogP contribution >= 0.6 is 0 Å². The number of anilines is 1. The van der Waals surface area contributed by atoms with Crippen LogP contribution in [0, 0.1) is 10.1 Å². The maximum atomic E-state index is 12.5. The normalized spacial score (nSPS) is 11.7. The zero-order valence-corrected chi connectivity index (χ0v) is 10.7. The first-order chi connectivity index (χ1) is 9.90. The number of nitrogens with two attached hydrogens (primary N) is 1. The highest BCUT2D eigenvalue weighted by molar-refractivity contribution is 5.97. The molecular formula is C10H13F2N5O4. The van der Waals surface area contributed by atoms with E-state index in [4.69, 9.17) is 16.0 Å². The number of hydrogen-bond donors (Lipinski definition) is 3. The third-order valence-electron chi connectivity index (χ3n) is 2.48. The smallest absolute Gasteiger partial charge is 0.312 e. The van der Waals surface area contributed by atoms with E-state index in [0.29, 0.717) is 0 Å². The van der Waals surface area contributed by atoms with Gasteiger partial charge < -0.3 is 20.9 Å². The Kier molecular flexibility index (Phi) is 5.72. The van der Waals surface area contributed by atoms with E-state index in [9.17, 15) is 18.9 Å². The molecule has 0 radical (unpaired) electrons. The molecule has 0 atom stereocenters. The number of nitro groups is 1. The van der Waals surface area contributed by atoms with Gasteiger partial charge in [0.05, 0.1) is 18.1 Å². The number of hydrogen-bond acceptors (Lipinski definition) is 7. The molecule has 9 nitrogen and oxygen atoms in total. The Labute approximate surface area is 117 Å². The van der Waals surface area contributed by atoms with E-state index in [1.807, 2.05) is 0 Å². The molecule has 0 bridgehead atoms. The van der Waals surface area contributed by atoms with Crippen molar-refractivity contribution in [2.75, 3.05) is 24.6 Å². The molecule has 0 fully saturated rings. The summed E-state index contributed by atoms with van der Waals surface area (Å²) in [4.78, 5) is 14.8. The second-order valence-corrected chi connectivity index (χ2v) is 3.87. The van der Waals surface area contributed by atoms with E-state index in [-0.39, 0.29) is 17.9 Å². The number of nitrogens with zero attached hydrogens (tertiary/aromatic N) is 4. The number of pyridine rings is 1. The summed E-state index contributed by atoms with van der Waals surface area (Å²) in [7, 11) is 0. The molecule has 11 heteroatoms. The van der Waals surface area contributed by atoms with Gasteiger partial charge in [-0.15, -0.1) is 0 Å². The molecular weight excluding hydrogens is 292 g/mol. The molecule has 0 amide bonds. The number of oxime groups is 1. The van der Waals surface area contributed by atoms with Crippen LogP contribution in [-0.4, -0.2) is 52.2 Å². The minimum absolute atomic E-state index is 0.0334. The lowest BCUT2D eigenvalue weighted by Crippen LogP contribution is -2.33. The molecule has 1 aromatic rings. The number of aliphatic hydroxyl groups excluding tert-OH is 1. The molecule has 116 valence electrons. The Morgan fingerprint density at radius 1 is 1.62 bits per heavy atom. The number of rotatable bonds is 7. The highest BCUT2D eigenvalue weighted by Crippen LogP contribution is 2.27. The standard InChI is InChI=1S/C10H13F2N5O4/c11-8(12)5-16(1-2-18)10-7(17(20)21)3-6(4-14-10)9(13)15-19/h3-4,8,18-19H,1-2,5H2,(H2,13,15). The van der Waals surface area contributed by atoms with Crippen LogP contribution in [0.4, 0.5) is 20.3 Å². The topological polar surface area (TPSA) is 138 Å². The largest absolute Gasteiger partial charge is 0.409 e. The Morgan fingerprint density at radius 3 is 2.76 bits per heavy atom. The summed E-state index contributed by atoms with van der Waals surface area (Å²) in [5, 5.41) is 31.1. The number of halogens is 2. The Balaban J connectivity index is 3.29. The molecule has 1 heterocycles. The summed E-state index contributed by atoms with van der Waals surface area (Å²) < 4.78 is 25.0. The molecule has 0 saturated heterocycles. The van der Waals surface area contributed by atoms with Gasteiger partial charge in [0.25, 0.3) is 6.43 Å². The zero-order chi connectivity index (χ0) is 16.0. The van der Waals surface area contributed by atoms with Crippen LogP contribution in [-0.2, 0) is 0 Å². The second-order valence-electron chi connectivity index (χ2n) is 3.87. The van der Waals surface area contributed by atoms with Crippen LogP contribution in [0.3, 0.4) is 0 Å². The third-order valence-corrected chi connectivity index (χ3v) is 2.48. The monoisotopic (exact) mass is 305 g/mol. The highest BCUT2D eigenvalue weighted by Gasteiger charge is 2.24. The van der Waals surface area contributed by atoms with Gasteiger partial charge in [-0.25, -0.2) is 13.8 Å². The van der Waals surface area contributed by atoms with Gasteiger partial charge in [0.2, 0.25) is 5.82 Å². The Bertz CT molecular complexity index is 540. The average Bonchev–Trinajstić information content (AvgIpc) is 2.44. The number of amidine groups is 1. The lowest BCUT2D eigenvalue weighted by Gasteiger charge is -2.22. The van der Waals surface area contributed by atoms with Gasteiger partial charge in [0.15, 0.2) is 5.84 Å². The van der Waals surface area contributed by atoms with Crippen molar-refractivity contribution in [1.29, 1.82) is 0 Å². The predicted octanol–water partition coefficient (Wildman–Crippen LogP) is 0.148.